The van der Waals surface area contributed by atoms with Crippen LogP contribution >= 0.6 is 0 Å². The lowest BCUT2D eigenvalue weighted by molar-refractivity contribution is -0.123. The number of ketones is 1. The molecule has 1 unspecified atom stereocenters. The van der Waals surface area contributed by atoms with Crippen molar-refractivity contribution >= 4 is 11.7 Å². The molecule has 0 spiro atoms. The van der Waals surface area contributed by atoms with Gasteiger partial charge in [0.1, 0.15) is 0 Å². The molecule has 1 aromatic rings. The van der Waals surface area contributed by atoms with Crippen LogP contribution in [0.1, 0.15) is 62.7 Å². The van der Waals surface area contributed by atoms with E-state index in [0.717, 1.165) is 37.9 Å². The molecule has 1 fully saturated rings. The molecule has 138 valence electrons. The van der Waals surface area contributed by atoms with Gasteiger partial charge < -0.3 is 5.32 Å². The maximum Gasteiger partial charge on any atom is 0.234 e. The van der Waals surface area contributed by atoms with Crippen LogP contribution in [0.3, 0.4) is 0 Å². The number of carbonyl (C=O) groups excluding carboxylic acids is 2. The second kappa shape index (κ2) is 10.3. The van der Waals surface area contributed by atoms with E-state index in [2.05, 4.69) is 24.1 Å². The number of unbranched alkanes of at least 4 members (excludes halogenated alkanes) is 2. The quantitative estimate of drug-likeness (QED) is 0.549. The fourth-order valence-electron chi connectivity index (χ4n) is 3.49. The molecule has 1 N–H and O–H groups in total. The zero-order valence-corrected chi connectivity index (χ0v) is 15.7. The summed E-state index contributed by atoms with van der Waals surface area (Å²) in [4.78, 5) is 26.8. The van der Waals surface area contributed by atoms with Crippen molar-refractivity contribution < 1.29 is 9.59 Å². The van der Waals surface area contributed by atoms with Crippen molar-refractivity contribution in [1.82, 2.24) is 10.2 Å². The Bertz CT molecular complexity index is 536. The topological polar surface area (TPSA) is 49.4 Å². The van der Waals surface area contributed by atoms with Gasteiger partial charge in [-0.3, -0.25) is 14.5 Å². The van der Waals surface area contributed by atoms with Crippen molar-refractivity contribution in [2.24, 2.45) is 5.92 Å². The molecule has 1 aromatic carbocycles. The lowest BCUT2D eigenvalue weighted by Gasteiger charge is -2.31. The van der Waals surface area contributed by atoms with Gasteiger partial charge in [-0.05, 0) is 39.3 Å². The summed E-state index contributed by atoms with van der Waals surface area (Å²) in [6.45, 7) is 6.36. The van der Waals surface area contributed by atoms with Crippen LogP contribution in [0.2, 0.25) is 0 Å². The van der Waals surface area contributed by atoms with Gasteiger partial charge in [0.15, 0.2) is 5.78 Å². The molecule has 1 saturated heterocycles. The molecule has 1 aliphatic rings. The third-order valence-corrected chi connectivity index (χ3v) is 5.03. The Labute approximate surface area is 152 Å². The average Bonchev–Trinajstić information content (AvgIpc) is 2.62. The number of rotatable bonds is 9. The number of nitrogens with one attached hydrogen (secondary N) is 1. The predicted molar refractivity (Wildman–Crippen MR) is 102 cm³/mol. The zero-order chi connectivity index (χ0) is 18.1. The molecule has 25 heavy (non-hydrogen) atoms. The summed E-state index contributed by atoms with van der Waals surface area (Å²) in [5.41, 5.74) is 0.805. The van der Waals surface area contributed by atoms with Gasteiger partial charge in [0, 0.05) is 17.5 Å². The first-order valence-electron chi connectivity index (χ1n) is 9.71. The van der Waals surface area contributed by atoms with Crippen LogP contribution in [0, 0.1) is 5.92 Å². The molecule has 1 aliphatic heterocycles. The number of carbonyl (C=O) groups is 2. The van der Waals surface area contributed by atoms with E-state index in [1.165, 1.54) is 19.3 Å². The summed E-state index contributed by atoms with van der Waals surface area (Å²) in [5.74, 6) is 0.445. The smallest absolute Gasteiger partial charge is 0.234 e. The minimum Gasteiger partial charge on any atom is -0.353 e. The van der Waals surface area contributed by atoms with Crippen LogP contribution in [0.15, 0.2) is 30.3 Å². The second-order valence-corrected chi connectivity index (χ2v) is 7.25. The number of benzene rings is 1. The monoisotopic (exact) mass is 344 g/mol. The van der Waals surface area contributed by atoms with Gasteiger partial charge in [-0.25, -0.2) is 0 Å². The molecule has 1 heterocycles. The fraction of sp³-hybridized carbons (Fsp3) is 0.619. The predicted octanol–water partition coefficient (Wildman–Crippen LogP) is 3.67. The number of amides is 1. The zero-order valence-electron chi connectivity index (χ0n) is 15.7. The van der Waals surface area contributed by atoms with Gasteiger partial charge in [-0.15, -0.1) is 0 Å². The van der Waals surface area contributed by atoms with E-state index < -0.39 is 0 Å². The van der Waals surface area contributed by atoms with Gasteiger partial charge in [0.2, 0.25) is 5.91 Å². The molecule has 1 atom stereocenters. The molecule has 1 amide bonds. The third-order valence-electron chi connectivity index (χ3n) is 5.03. The third kappa shape index (κ3) is 6.62. The van der Waals surface area contributed by atoms with Crippen molar-refractivity contribution in [3.63, 3.8) is 0 Å². The van der Waals surface area contributed by atoms with Crippen molar-refractivity contribution in [2.75, 3.05) is 19.6 Å². The van der Waals surface area contributed by atoms with E-state index in [4.69, 9.17) is 0 Å². The van der Waals surface area contributed by atoms with Crippen molar-refractivity contribution in [3.8, 4) is 0 Å². The molecular formula is C21H32N2O2. The summed E-state index contributed by atoms with van der Waals surface area (Å²) in [6.07, 6.45) is 6.33. The summed E-state index contributed by atoms with van der Waals surface area (Å²) >= 11 is 0. The molecule has 2 rings (SSSR count). The largest absolute Gasteiger partial charge is 0.353 e. The van der Waals surface area contributed by atoms with Crippen molar-refractivity contribution in [2.45, 2.75) is 58.4 Å². The number of hydrogen-bond donors (Lipinski definition) is 1. The van der Waals surface area contributed by atoms with Gasteiger partial charge in [-0.1, -0.05) is 56.5 Å². The van der Waals surface area contributed by atoms with Gasteiger partial charge in [-0.2, -0.15) is 0 Å². The Hall–Kier alpha value is -1.68. The number of hydrogen-bond acceptors (Lipinski definition) is 3. The number of Topliss-reactive ketones (excluding diaryl/α,β-unsaturated/α-hetero) is 1. The van der Waals surface area contributed by atoms with Crippen LogP contribution in [0.25, 0.3) is 0 Å². The molecule has 0 bridgehead atoms. The van der Waals surface area contributed by atoms with Gasteiger partial charge in [0.25, 0.3) is 0 Å². The van der Waals surface area contributed by atoms with E-state index in [1.807, 2.05) is 30.3 Å². The van der Waals surface area contributed by atoms with Crippen LogP contribution in [-0.2, 0) is 4.79 Å². The lowest BCUT2D eigenvalue weighted by atomic mass is 9.89. The molecule has 0 saturated carbocycles. The number of piperidine rings is 1. The van der Waals surface area contributed by atoms with Crippen LogP contribution < -0.4 is 5.32 Å². The lowest BCUT2D eigenvalue weighted by Crippen LogP contribution is -2.44. The van der Waals surface area contributed by atoms with Gasteiger partial charge >= 0.3 is 0 Å². The number of nitrogens with zero attached hydrogens (tertiary/aromatic N) is 1. The maximum atomic E-state index is 12.5. The van der Waals surface area contributed by atoms with Crippen LogP contribution in [0.4, 0.5) is 0 Å². The van der Waals surface area contributed by atoms with E-state index in [1.54, 1.807) is 0 Å². The standard InChI is InChI=1S/C21H32N2O2/c1-3-4-6-9-17(2)22-20(24)16-23-14-12-19(13-15-23)21(25)18-10-7-5-8-11-18/h5,7-8,10-11,17,19H,3-4,6,9,12-16H2,1-2H3,(H,22,24). The van der Waals surface area contributed by atoms with E-state index in [9.17, 15) is 9.59 Å². The highest BCUT2D eigenvalue weighted by Gasteiger charge is 2.26. The minimum absolute atomic E-state index is 0.0923. The Kier molecular flexibility index (Phi) is 8.13. The van der Waals surface area contributed by atoms with Crippen molar-refractivity contribution in [1.29, 1.82) is 0 Å². The second-order valence-electron chi connectivity index (χ2n) is 7.25. The summed E-state index contributed by atoms with van der Waals surface area (Å²) < 4.78 is 0. The summed E-state index contributed by atoms with van der Waals surface area (Å²) in [6, 6.07) is 9.78. The highest BCUT2D eigenvalue weighted by Crippen LogP contribution is 2.21. The first-order chi connectivity index (χ1) is 12.1. The molecule has 0 aromatic heterocycles. The van der Waals surface area contributed by atoms with Gasteiger partial charge in [0.05, 0.1) is 6.54 Å². The number of likely N-dealkylation sites (tertiary alicyclic amines) is 1. The average molecular weight is 344 g/mol. The molecule has 0 aliphatic carbocycles. The highest BCUT2D eigenvalue weighted by atomic mass is 16.2. The summed E-state index contributed by atoms with van der Waals surface area (Å²) in [7, 11) is 0. The SMILES string of the molecule is CCCCCC(C)NC(=O)CN1CCC(C(=O)c2ccccc2)CC1. The normalized spacial score (nSPS) is 17.2. The van der Waals surface area contributed by atoms with E-state index >= 15 is 0 Å². The Morgan fingerprint density at radius 1 is 1.16 bits per heavy atom. The van der Waals surface area contributed by atoms with Crippen LogP contribution in [0.5, 0.6) is 0 Å². The first-order valence-corrected chi connectivity index (χ1v) is 9.71. The van der Waals surface area contributed by atoms with E-state index in [0.29, 0.717) is 6.54 Å². The molecular weight excluding hydrogens is 312 g/mol. The molecule has 0 radical (unpaired) electrons. The first kappa shape index (κ1) is 19.6. The Morgan fingerprint density at radius 2 is 1.84 bits per heavy atom. The molecule has 4 nitrogen and oxygen atoms in total. The maximum absolute atomic E-state index is 12.5. The highest BCUT2D eigenvalue weighted by molar-refractivity contribution is 5.97. The fourth-order valence-corrected chi connectivity index (χ4v) is 3.49. The molecule has 4 heteroatoms. The Morgan fingerprint density at radius 3 is 2.48 bits per heavy atom. The minimum atomic E-state index is 0.0923. The van der Waals surface area contributed by atoms with E-state index in [-0.39, 0.29) is 23.7 Å². The Balaban J connectivity index is 1.69. The van der Waals surface area contributed by atoms with Crippen LogP contribution in [-0.4, -0.2) is 42.3 Å². The van der Waals surface area contributed by atoms with Crippen molar-refractivity contribution in [3.05, 3.63) is 35.9 Å². The summed E-state index contributed by atoms with van der Waals surface area (Å²) in [5, 5.41) is 3.10.